The van der Waals surface area contributed by atoms with E-state index in [0.717, 1.165) is 12.5 Å². The molecule has 0 aliphatic rings. The molecule has 0 fully saturated rings. The van der Waals surface area contributed by atoms with Gasteiger partial charge in [-0.1, -0.05) is 174 Å². The van der Waals surface area contributed by atoms with Crippen LogP contribution in [0.5, 0.6) is 0 Å². The molecule has 1 heteroatoms. The minimum atomic E-state index is 0.943. The quantitative estimate of drug-likeness (QED) is 0.107. The van der Waals surface area contributed by atoms with Crippen LogP contribution in [0.4, 0.5) is 0 Å². The van der Waals surface area contributed by atoms with Gasteiger partial charge in [-0.25, -0.2) is 0 Å². The first-order valence-electron chi connectivity index (χ1n) is 15.3. The minimum absolute atomic E-state index is 0.943. The normalized spacial score (nSPS) is 12.5. The average Bonchev–Trinajstić information content (AvgIpc) is 2.79. The molecule has 0 amide bonds. The van der Waals surface area contributed by atoms with Crippen molar-refractivity contribution in [2.24, 2.45) is 5.92 Å². The fourth-order valence-electron chi connectivity index (χ4n) is 5.09. The molecule has 0 aliphatic carbocycles. The molecule has 0 saturated carbocycles. The molecule has 0 rings (SSSR count). The summed E-state index contributed by atoms with van der Waals surface area (Å²) in [4.78, 5) is 0. The molecule has 0 aliphatic heterocycles. The zero-order valence-electron chi connectivity index (χ0n) is 23.1. The number of methoxy groups -OCH3 is 1. The fraction of sp³-hybridized carbons (Fsp3) is 1.00. The topological polar surface area (TPSA) is 9.23 Å². The monoisotopic (exact) mass is 452 g/mol. The standard InChI is InChI=1S/C31H64O/c1-4-28-31(2)29-26-24-22-20-18-16-14-12-10-8-6-5-7-9-11-13-15-17-19-21-23-25-27-30-32-3/h31H,4-30H2,1-3H3. The number of ether oxygens (including phenoxy) is 1. The Kier molecular flexibility index (Phi) is 29.0. The maximum atomic E-state index is 5.10. The smallest absolute Gasteiger partial charge is 0.0462 e. The predicted octanol–water partition coefficient (Wildman–Crippen LogP) is 11.4. The van der Waals surface area contributed by atoms with Gasteiger partial charge in [-0.05, 0) is 12.3 Å². The van der Waals surface area contributed by atoms with Crippen molar-refractivity contribution in [1.82, 2.24) is 0 Å². The molecule has 32 heavy (non-hydrogen) atoms. The Bertz CT molecular complexity index is 314. The van der Waals surface area contributed by atoms with E-state index in [9.17, 15) is 0 Å². The van der Waals surface area contributed by atoms with Crippen LogP contribution in [-0.4, -0.2) is 13.7 Å². The van der Waals surface area contributed by atoms with E-state index in [2.05, 4.69) is 13.8 Å². The highest BCUT2D eigenvalue weighted by atomic mass is 16.5. The first-order chi connectivity index (χ1) is 15.8. The summed E-state index contributed by atoms with van der Waals surface area (Å²) in [6.07, 6.45) is 37.8. The van der Waals surface area contributed by atoms with Crippen LogP contribution in [0, 0.1) is 5.92 Å². The molecular formula is C31H64O. The van der Waals surface area contributed by atoms with E-state index in [-0.39, 0.29) is 0 Å². The number of unbranched alkanes of at least 4 members (excludes halogenated alkanes) is 22. The highest BCUT2D eigenvalue weighted by Crippen LogP contribution is 2.17. The van der Waals surface area contributed by atoms with Gasteiger partial charge in [0.15, 0.2) is 0 Å². The molecule has 1 unspecified atom stereocenters. The first-order valence-corrected chi connectivity index (χ1v) is 15.3. The highest BCUT2D eigenvalue weighted by Gasteiger charge is 2.00. The molecule has 1 atom stereocenters. The highest BCUT2D eigenvalue weighted by molar-refractivity contribution is 4.54. The Morgan fingerprint density at radius 3 is 0.969 bits per heavy atom. The van der Waals surface area contributed by atoms with Gasteiger partial charge in [-0.3, -0.25) is 0 Å². The van der Waals surface area contributed by atoms with Crippen molar-refractivity contribution in [3.8, 4) is 0 Å². The zero-order chi connectivity index (χ0) is 23.4. The lowest BCUT2D eigenvalue weighted by Gasteiger charge is -2.09. The van der Waals surface area contributed by atoms with E-state index in [1.54, 1.807) is 7.11 Å². The third-order valence-corrected chi connectivity index (χ3v) is 7.33. The Labute approximate surface area is 205 Å². The Hall–Kier alpha value is -0.0400. The zero-order valence-corrected chi connectivity index (χ0v) is 23.1. The first kappa shape index (κ1) is 32.0. The van der Waals surface area contributed by atoms with Crippen LogP contribution >= 0.6 is 0 Å². The summed E-state index contributed by atoms with van der Waals surface area (Å²) in [6, 6.07) is 0. The Balaban J connectivity index is 3.02. The van der Waals surface area contributed by atoms with Crippen molar-refractivity contribution < 1.29 is 4.74 Å². The Morgan fingerprint density at radius 2 is 0.688 bits per heavy atom. The molecule has 0 aromatic heterocycles. The van der Waals surface area contributed by atoms with Gasteiger partial charge in [0.25, 0.3) is 0 Å². The van der Waals surface area contributed by atoms with Crippen molar-refractivity contribution in [2.75, 3.05) is 13.7 Å². The number of hydrogen-bond donors (Lipinski definition) is 0. The minimum Gasteiger partial charge on any atom is -0.385 e. The van der Waals surface area contributed by atoms with Gasteiger partial charge in [-0.2, -0.15) is 0 Å². The maximum absolute atomic E-state index is 5.10. The summed E-state index contributed by atoms with van der Waals surface area (Å²) >= 11 is 0. The lowest BCUT2D eigenvalue weighted by molar-refractivity contribution is 0.192. The number of rotatable bonds is 28. The lowest BCUT2D eigenvalue weighted by atomic mass is 9.98. The van der Waals surface area contributed by atoms with Gasteiger partial charge >= 0.3 is 0 Å². The van der Waals surface area contributed by atoms with Crippen LogP contribution in [-0.2, 0) is 4.74 Å². The van der Waals surface area contributed by atoms with Crippen LogP contribution in [0.25, 0.3) is 0 Å². The second-order valence-electron chi connectivity index (χ2n) is 10.8. The third-order valence-electron chi connectivity index (χ3n) is 7.33. The van der Waals surface area contributed by atoms with E-state index >= 15 is 0 Å². The number of hydrogen-bond acceptors (Lipinski definition) is 1. The average molecular weight is 453 g/mol. The molecule has 1 nitrogen and oxygen atoms in total. The van der Waals surface area contributed by atoms with Crippen molar-refractivity contribution in [3.05, 3.63) is 0 Å². The third kappa shape index (κ3) is 28.0. The maximum Gasteiger partial charge on any atom is 0.0462 e. The summed E-state index contributed by atoms with van der Waals surface area (Å²) in [7, 11) is 1.81. The molecule has 0 aromatic rings. The van der Waals surface area contributed by atoms with Crippen LogP contribution in [0.1, 0.15) is 181 Å². The van der Waals surface area contributed by atoms with Crippen LogP contribution in [0.3, 0.4) is 0 Å². The van der Waals surface area contributed by atoms with Gasteiger partial charge in [-0.15, -0.1) is 0 Å². The molecule has 0 aromatic carbocycles. The molecule has 0 N–H and O–H groups in total. The van der Waals surface area contributed by atoms with Crippen molar-refractivity contribution in [3.63, 3.8) is 0 Å². The summed E-state index contributed by atoms with van der Waals surface area (Å²) in [6.45, 7) is 5.69. The molecule has 0 radical (unpaired) electrons. The van der Waals surface area contributed by atoms with Crippen LogP contribution in [0.2, 0.25) is 0 Å². The second kappa shape index (κ2) is 29.0. The summed E-state index contributed by atoms with van der Waals surface area (Å²) in [5.74, 6) is 0.960. The molecule has 0 bridgehead atoms. The van der Waals surface area contributed by atoms with Crippen LogP contribution < -0.4 is 0 Å². The van der Waals surface area contributed by atoms with E-state index in [4.69, 9.17) is 4.74 Å². The molecule has 0 spiro atoms. The van der Waals surface area contributed by atoms with Gasteiger partial charge in [0.2, 0.25) is 0 Å². The van der Waals surface area contributed by atoms with Gasteiger partial charge < -0.3 is 4.74 Å². The van der Waals surface area contributed by atoms with E-state index in [0.29, 0.717) is 0 Å². The summed E-state index contributed by atoms with van der Waals surface area (Å²) in [5, 5.41) is 0. The summed E-state index contributed by atoms with van der Waals surface area (Å²) in [5.41, 5.74) is 0. The van der Waals surface area contributed by atoms with Gasteiger partial charge in [0, 0.05) is 13.7 Å². The van der Waals surface area contributed by atoms with Crippen molar-refractivity contribution in [2.45, 2.75) is 181 Å². The Morgan fingerprint density at radius 1 is 0.406 bits per heavy atom. The van der Waals surface area contributed by atoms with Crippen molar-refractivity contribution in [1.29, 1.82) is 0 Å². The van der Waals surface area contributed by atoms with E-state index in [1.807, 2.05) is 0 Å². The molecule has 0 heterocycles. The van der Waals surface area contributed by atoms with Crippen molar-refractivity contribution >= 4 is 0 Å². The molecule has 194 valence electrons. The van der Waals surface area contributed by atoms with E-state index in [1.165, 1.54) is 167 Å². The molecular weight excluding hydrogens is 388 g/mol. The van der Waals surface area contributed by atoms with E-state index < -0.39 is 0 Å². The van der Waals surface area contributed by atoms with Gasteiger partial charge in [0.05, 0.1) is 0 Å². The largest absolute Gasteiger partial charge is 0.385 e. The fourth-order valence-corrected chi connectivity index (χ4v) is 5.09. The SMILES string of the molecule is CCCC(C)CCCCCCCCCCCCCCCCCCCCCCCCCOC. The van der Waals surface area contributed by atoms with Crippen LogP contribution in [0.15, 0.2) is 0 Å². The lowest BCUT2D eigenvalue weighted by Crippen LogP contribution is -1.93. The summed E-state index contributed by atoms with van der Waals surface area (Å²) < 4.78 is 5.10. The predicted molar refractivity (Wildman–Crippen MR) is 147 cm³/mol. The molecule has 0 saturated heterocycles. The second-order valence-corrected chi connectivity index (χ2v) is 10.8. The van der Waals surface area contributed by atoms with Gasteiger partial charge in [0.1, 0.15) is 0 Å².